The van der Waals surface area contributed by atoms with Gasteiger partial charge in [-0.05, 0) is 37.3 Å². The number of aromatic nitrogens is 1. The number of rotatable bonds is 4. The van der Waals surface area contributed by atoms with Crippen LogP contribution in [0.1, 0.15) is 23.2 Å². The average Bonchev–Trinajstić information content (AvgIpc) is 2.56. The van der Waals surface area contributed by atoms with E-state index in [1.807, 2.05) is 30.5 Å². The van der Waals surface area contributed by atoms with Crippen molar-refractivity contribution in [1.82, 2.24) is 10.3 Å². The van der Waals surface area contributed by atoms with E-state index in [-0.39, 0.29) is 11.9 Å². The zero-order chi connectivity index (χ0) is 15.4. The van der Waals surface area contributed by atoms with Crippen LogP contribution in [0.2, 0.25) is 0 Å². The van der Waals surface area contributed by atoms with Gasteiger partial charge in [0.15, 0.2) is 0 Å². The van der Waals surface area contributed by atoms with Crippen molar-refractivity contribution < 1.29 is 9.53 Å². The number of nitrogens with one attached hydrogen (secondary N) is 1. The quantitative estimate of drug-likeness (QED) is 0.867. The first-order chi connectivity index (χ1) is 10.8. The standard InChI is InChI=1S/C16H18N2O2S2/c1-21-22-14-7-6-13(12-5-2-8-17-15(12)14)16(19)18-11-4-3-9-20-10-11/h2,5-8,11H,3-4,9-10H2,1H3,(H,18,19). The van der Waals surface area contributed by atoms with E-state index in [9.17, 15) is 4.79 Å². The first-order valence-corrected chi connectivity index (χ1v) is 9.82. The molecule has 0 aliphatic carbocycles. The normalized spacial score (nSPS) is 18.3. The van der Waals surface area contributed by atoms with Crippen LogP contribution >= 0.6 is 21.6 Å². The van der Waals surface area contributed by atoms with E-state index in [2.05, 4.69) is 10.3 Å². The monoisotopic (exact) mass is 334 g/mol. The lowest BCUT2D eigenvalue weighted by atomic mass is 10.1. The lowest BCUT2D eigenvalue weighted by molar-refractivity contribution is 0.0625. The zero-order valence-corrected chi connectivity index (χ0v) is 14.0. The molecule has 1 unspecified atom stereocenters. The SMILES string of the molecule is CSSc1ccc(C(=O)NC2CCCOC2)c2cccnc12. The van der Waals surface area contributed by atoms with Crippen molar-refractivity contribution in [2.24, 2.45) is 0 Å². The van der Waals surface area contributed by atoms with Gasteiger partial charge in [0.25, 0.3) is 5.91 Å². The van der Waals surface area contributed by atoms with Gasteiger partial charge in [-0.25, -0.2) is 0 Å². The highest BCUT2D eigenvalue weighted by Gasteiger charge is 2.19. The molecule has 2 heterocycles. The molecule has 1 saturated heterocycles. The minimum absolute atomic E-state index is 0.0470. The number of carbonyl (C=O) groups excluding carboxylic acids is 1. The third-order valence-electron chi connectivity index (χ3n) is 3.65. The van der Waals surface area contributed by atoms with Gasteiger partial charge in [-0.2, -0.15) is 0 Å². The van der Waals surface area contributed by atoms with E-state index >= 15 is 0 Å². The molecule has 0 saturated carbocycles. The molecular weight excluding hydrogens is 316 g/mol. The number of benzene rings is 1. The summed E-state index contributed by atoms with van der Waals surface area (Å²) in [6, 6.07) is 7.80. The van der Waals surface area contributed by atoms with Crippen LogP contribution in [0, 0.1) is 0 Å². The number of amides is 1. The van der Waals surface area contributed by atoms with Crippen LogP contribution < -0.4 is 5.32 Å². The number of hydrogen-bond acceptors (Lipinski definition) is 5. The highest BCUT2D eigenvalue weighted by molar-refractivity contribution is 8.76. The maximum atomic E-state index is 12.6. The minimum atomic E-state index is -0.0470. The maximum absolute atomic E-state index is 12.6. The number of fused-ring (bicyclic) bond motifs is 1. The molecule has 1 aromatic heterocycles. The highest BCUT2D eigenvalue weighted by atomic mass is 33.1. The predicted octanol–water partition coefficient (Wildman–Crippen LogP) is 3.51. The van der Waals surface area contributed by atoms with Crippen LogP contribution in [0.25, 0.3) is 10.9 Å². The summed E-state index contributed by atoms with van der Waals surface area (Å²) in [6.07, 6.45) is 5.77. The van der Waals surface area contributed by atoms with Gasteiger partial charge in [0, 0.05) is 28.6 Å². The summed E-state index contributed by atoms with van der Waals surface area (Å²) >= 11 is 0. The van der Waals surface area contributed by atoms with E-state index in [0.29, 0.717) is 12.2 Å². The van der Waals surface area contributed by atoms with Crippen molar-refractivity contribution in [2.75, 3.05) is 19.5 Å². The number of pyridine rings is 1. The number of ether oxygens (including phenoxy) is 1. The Morgan fingerprint density at radius 3 is 3.09 bits per heavy atom. The molecule has 0 radical (unpaired) electrons. The number of hydrogen-bond donors (Lipinski definition) is 1. The van der Waals surface area contributed by atoms with E-state index in [0.717, 1.165) is 35.2 Å². The smallest absolute Gasteiger partial charge is 0.252 e. The van der Waals surface area contributed by atoms with Crippen LogP contribution in [0.4, 0.5) is 0 Å². The van der Waals surface area contributed by atoms with Gasteiger partial charge < -0.3 is 10.1 Å². The van der Waals surface area contributed by atoms with E-state index in [4.69, 9.17) is 4.74 Å². The van der Waals surface area contributed by atoms with Crippen LogP contribution in [-0.4, -0.2) is 36.4 Å². The predicted molar refractivity (Wildman–Crippen MR) is 92.4 cm³/mol. The molecule has 1 fully saturated rings. The molecule has 1 aliphatic heterocycles. The summed E-state index contributed by atoms with van der Waals surface area (Å²) in [5, 5.41) is 3.97. The summed E-state index contributed by atoms with van der Waals surface area (Å²) in [5.74, 6) is -0.0470. The summed E-state index contributed by atoms with van der Waals surface area (Å²) < 4.78 is 5.42. The largest absolute Gasteiger partial charge is 0.379 e. The van der Waals surface area contributed by atoms with Gasteiger partial charge in [0.2, 0.25) is 0 Å². The highest BCUT2D eigenvalue weighted by Crippen LogP contribution is 2.34. The molecule has 4 nitrogen and oxygen atoms in total. The lowest BCUT2D eigenvalue weighted by Gasteiger charge is -2.23. The van der Waals surface area contributed by atoms with E-state index < -0.39 is 0 Å². The zero-order valence-electron chi connectivity index (χ0n) is 12.4. The lowest BCUT2D eigenvalue weighted by Crippen LogP contribution is -2.40. The second-order valence-corrected chi connectivity index (χ2v) is 7.59. The fourth-order valence-electron chi connectivity index (χ4n) is 2.62. The van der Waals surface area contributed by atoms with Gasteiger partial charge in [-0.1, -0.05) is 27.7 Å². The molecule has 1 atom stereocenters. The molecular formula is C16H18N2O2S2. The van der Waals surface area contributed by atoms with Crippen molar-refractivity contribution >= 4 is 38.4 Å². The summed E-state index contributed by atoms with van der Waals surface area (Å²) in [5.41, 5.74) is 1.56. The third-order valence-corrected chi connectivity index (χ3v) is 5.36. The van der Waals surface area contributed by atoms with Crippen LogP contribution in [0.15, 0.2) is 35.4 Å². The molecule has 22 heavy (non-hydrogen) atoms. The molecule has 3 rings (SSSR count). The van der Waals surface area contributed by atoms with Gasteiger partial charge >= 0.3 is 0 Å². The van der Waals surface area contributed by atoms with Gasteiger partial charge in [-0.3, -0.25) is 9.78 Å². The van der Waals surface area contributed by atoms with Crippen molar-refractivity contribution in [2.45, 2.75) is 23.8 Å². The second kappa shape index (κ2) is 7.35. The Kier molecular flexibility index (Phi) is 5.23. The van der Waals surface area contributed by atoms with Crippen molar-refractivity contribution in [3.8, 4) is 0 Å². The average molecular weight is 334 g/mol. The van der Waals surface area contributed by atoms with Crippen molar-refractivity contribution in [3.05, 3.63) is 36.0 Å². The fourth-order valence-corrected chi connectivity index (χ4v) is 4.11. The molecule has 6 heteroatoms. The maximum Gasteiger partial charge on any atom is 0.252 e. The molecule has 1 aromatic carbocycles. The Bertz CT molecular complexity index is 672. The molecule has 2 aromatic rings. The molecule has 0 spiro atoms. The van der Waals surface area contributed by atoms with E-state index in [1.165, 1.54) is 0 Å². The molecule has 1 N–H and O–H groups in total. The van der Waals surface area contributed by atoms with Gasteiger partial charge in [0.1, 0.15) is 0 Å². The summed E-state index contributed by atoms with van der Waals surface area (Å²) in [4.78, 5) is 18.1. The first kappa shape index (κ1) is 15.6. The molecule has 1 amide bonds. The Morgan fingerprint density at radius 1 is 1.41 bits per heavy atom. The minimum Gasteiger partial charge on any atom is -0.379 e. The van der Waals surface area contributed by atoms with Crippen LogP contribution in [0.5, 0.6) is 0 Å². The number of nitrogens with zero attached hydrogens (tertiary/aromatic N) is 1. The third kappa shape index (κ3) is 3.39. The summed E-state index contributed by atoms with van der Waals surface area (Å²) in [6.45, 7) is 1.39. The number of carbonyl (C=O) groups is 1. The van der Waals surface area contributed by atoms with Crippen molar-refractivity contribution in [1.29, 1.82) is 0 Å². The topological polar surface area (TPSA) is 51.2 Å². The van der Waals surface area contributed by atoms with Crippen LogP contribution in [-0.2, 0) is 4.74 Å². The first-order valence-electron chi connectivity index (χ1n) is 7.26. The Labute approximate surface area is 137 Å². The van der Waals surface area contributed by atoms with E-state index in [1.54, 1.807) is 27.8 Å². The van der Waals surface area contributed by atoms with Crippen molar-refractivity contribution in [3.63, 3.8) is 0 Å². The Morgan fingerprint density at radius 2 is 2.32 bits per heavy atom. The second-order valence-electron chi connectivity index (χ2n) is 5.15. The molecule has 1 aliphatic rings. The summed E-state index contributed by atoms with van der Waals surface area (Å²) in [7, 11) is 3.34. The molecule has 0 bridgehead atoms. The Balaban J connectivity index is 1.89. The molecule has 116 valence electrons. The Hall–Kier alpha value is -1.24. The van der Waals surface area contributed by atoms with Gasteiger partial charge in [0.05, 0.1) is 18.2 Å². The van der Waals surface area contributed by atoms with Gasteiger partial charge in [-0.15, -0.1) is 0 Å². The fraction of sp³-hybridized carbons (Fsp3) is 0.375. The van der Waals surface area contributed by atoms with Crippen LogP contribution in [0.3, 0.4) is 0 Å².